The van der Waals surface area contributed by atoms with Crippen molar-refractivity contribution in [3.05, 3.63) is 11.9 Å². The van der Waals surface area contributed by atoms with Crippen LogP contribution < -0.4 is 5.32 Å². The number of hydrogen-bond acceptors (Lipinski definition) is 1. The van der Waals surface area contributed by atoms with Crippen LogP contribution >= 0.6 is 12.4 Å². The summed E-state index contributed by atoms with van der Waals surface area (Å²) < 4.78 is 12.0. The first-order valence-corrected chi connectivity index (χ1v) is 3.89. The van der Waals surface area contributed by atoms with Crippen molar-refractivity contribution >= 4 is 12.4 Å². The van der Waals surface area contributed by atoms with Crippen LogP contribution in [0.25, 0.3) is 0 Å². The number of fused-ring (bicyclic) bond motifs is 1. The van der Waals surface area contributed by atoms with Crippen LogP contribution in [0.3, 0.4) is 0 Å². The molecule has 0 aromatic heterocycles. The van der Waals surface area contributed by atoms with E-state index in [1.165, 1.54) is 0 Å². The summed E-state index contributed by atoms with van der Waals surface area (Å²) >= 11 is 0. The molecule has 1 heterocycles. The van der Waals surface area contributed by atoms with Crippen LogP contribution in [0.4, 0.5) is 4.39 Å². The Balaban J connectivity index is 0.000000605. The summed E-state index contributed by atoms with van der Waals surface area (Å²) in [5, 5.41) is 3.32. The van der Waals surface area contributed by atoms with Crippen molar-refractivity contribution in [2.45, 2.75) is 12.8 Å². The molecule has 2 rings (SSSR count). The van der Waals surface area contributed by atoms with Crippen LogP contribution in [-0.2, 0) is 0 Å². The van der Waals surface area contributed by atoms with Crippen molar-refractivity contribution in [3.63, 3.8) is 0 Å². The monoisotopic (exact) mass is 177 g/mol. The van der Waals surface area contributed by atoms with Gasteiger partial charge in [-0.15, -0.1) is 12.4 Å². The topological polar surface area (TPSA) is 12.0 Å². The Morgan fingerprint density at radius 3 is 2.27 bits per heavy atom. The third-order valence-corrected chi connectivity index (χ3v) is 2.68. The summed E-state index contributed by atoms with van der Waals surface area (Å²) in [5.41, 5.74) is 1.02. The van der Waals surface area contributed by atoms with Gasteiger partial charge in [0, 0.05) is 0 Å². The fourth-order valence-electron chi connectivity index (χ4n) is 2.11. The van der Waals surface area contributed by atoms with Crippen molar-refractivity contribution in [3.8, 4) is 0 Å². The molecule has 2 aliphatic rings. The van der Waals surface area contributed by atoms with Gasteiger partial charge in [0.25, 0.3) is 0 Å². The Morgan fingerprint density at radius 1 is 1.27 bits per heavy atom. The molecule has 1 saturated heterocycles. The fourth-order valence-corrected chi connectivity index (χ4v) is 2.11. The lowest BCUT2D eigenvalue weighted by atomic mass is 10.0. The maximum absolute atomic E-state index is 12.0. The highest BCUT2D eigenvalue weighted by molar-refractivity contribution is 5.85. The normalized spacial score (nSPS) is 38.8. The van der Waals surface area contributed by atoms with E-state index in [1.807, 2.05) is 0 Å². The highest BCUT2D eigenvalue weighted by Crippen LogP contribution is 2.37. The van der Waals surface area contributed by atoms with E-state index in [-0.39, 0.29) is 12.4 Å². The molecule has 0 spiro atoms. The quantitative estimate of drug-likeness (QED) is 0.596. The minimum Gasteiger partial charge on any atom is -0.316 e. The van der Waals surface area contributed by atoms with Crippen molar-refractivity contribution in [2.24, 2.45) is 11.8 Å². The van der Waals surface area contributed by atoms with E-state index in [1.54, 1.807) is 0 Å². The van der Waals surface area contributed by atoms with Crippen molar-refractivity contribution in [1.82, 2.24) is 5.32 Å². The largest absolute Gasteiger partial charge is 0.316 e. The third kappa shape index (κ3) is 1.57. The van der Waals surface area contributed by atoms with E-state index in [0.29, 0.717) is 0 Å². The van der Waals surface area contributed by atoms with Crippen molar-refractivity contribution in [2.75, 3.05) is 13.1 Å². The maximum Gasteiger partial charge on any atom is 0.0859 e. The molecule has 64 valence electrons. The van der Waals surface area contributed by atoms with Crippen LogP contribution in [0, 0.1) is 11.8 Å². The van der Waals surface area contributed by atoms with Crippen molar-refractivity contribution in [1.29, 1.82) is 0 Å². The number of rotatable bonds is 0. The first-order chi connectivity index (χ1) is 4.90. The molecule has 2 fully saturated rings. The average molecular weight is 178 g/mol. The molecule has 0 aromatic carbocycles. The molecule has 3 heteroatoms. The summed E-state index contributed by atoms with van der Waals surface area (Å²) in [7, 11) is 0. The fraction of sp³-hybridized carbons (Fsp3) is 0.750. The predicted molar refractivity (Wildman–Crippen MR) is 45.5 cm³/mol. The summed E-state index contributed by atoms with van der Waals surface area (Å²) in [6, 6.07) is 0. The number of halogens is 2. The first kappa shape index (κ1) is 9.01. The molecular formula is C8H13ClFN. The summed E-state index contributed by atoms with van der Waals surface area (Å²) in [6.07, 6.45) is 2.79. The SMILES string of the molecule is Cl.F/C=C1/C[C@H]2CNC[C@H]2C1. The summed E-state index contributed by atoms with van der Waals surface area (Å²) in [6.45, 7) is 2.20. The Labute approximate surface area is 72.5 Å². The second-order valence-electron chi connectivity index (χ2n) is 3.35. The number of nitrogens with one attached hydrogen (secondary N) is 1. The molecule has 1 aliphatic heterocycles. The van der Waals surface area contributed by atoms with Gasteiger partial charge in [0.05, 0.1) is 6.33 Å². The minimum atomic E-state index is 0. The zero-order chi connectivity index (χ0) is 6.97. The molecule has 0 amide bonds. The lowest BCUT2D eigenvalue weighted by Crippen LogP contribution is -2.09. The summed E-state index contributed by atoms with van der Waals surface area (Å²) in [5.74, 6) is 1.48. The van der Waals surface area contributed by atoms with Gasteiger partial charge in [-0.2, -0.15) is 0 Å². The van der Waals surface area contributed by atoms with Gasteiger partial charge in [0.15, 0.2) is 0 Å². The zero-order valence-corrected chi connectivity index (χ0v) is 7.16. The van der Waals surface area contributed by atoms with Gasteiger partial charge in [0.2, 0.25) is 0 Å². The Kier molecular flexibility index (Phi) is 2.90. The standard InChI is InChI=1S/C8H12FN.ClH/c9-3-6-1-7-4-10-5-8(7)2-6;/h3,7-8,10H,1-2,4-5H2;1H/b6-3-;/t7-,8+;/m0./s1. The van der Waals surface area contributed by atoms with E-state index in [0.717, 1.165) is 49.7 Å². The Hall–Kier alpha value is -0.0800. The highest BCUT2D eigenvalue weighted by atomic mass is 35.5. The lowest BCUT2D eigenvalue weighted by molar-refractivity contribution is 0.494. The molecule has 0 bridgehead atoms. The Morgan fingerprint density at radius 2 is 1.82 bits per heavy atom. The van der Waals surface area contributed by atoms with E-state index in [9.17, 15) is 4.39 Å². The van der Waals surface area contributed by atoms with Crippen LogP contribution in [0.2, 0.25) is 0 Å². The van der Waals surface area contributed by atoms with Gasteiger partial charge < -0.3 is 5.32 Å². The van der Waals surface area contributed by atoms with Crippen LogP contribution in [-0.4, -0.2) is 13.1 Å². The van der Waals surface area contributed by atoms with Crippen LogP contribution in [0.5, 0.6) is 0 Å². The summed E-state index contributed by atoms with van der Waals surface area (Å²) in [4.78, 5) is 0. The van der Waals surface area contributed by atoms with Crippen LogP contribution in [0.1, 0.15) is 12.8 Å². The highest BCUT2D eigenvalue weighted by Gasteiger charge is 2.33. The van der Waals surface area contributed by atoms with Gasteiger partial charge in [-0.25, -0.2) is 4.39 Å². The molecular weight excluding hydrogens is 165 g/mol. The number of allylic oxidation sites excluding steroid dienone is 1. The first-order valence-electron chi connectivity index (χ1n) is 3.89. The molecule has 2 atom stereocenters. The van der Waals surface area contributed by atoms with E-state index in [4.69, 9.17) is 0 Å². The third-order valence-electron chi connectivity index (χ3n) is 2.68. The molecule has 1 saturated carbocycles. The van der Waals surface area contributed by atoms with Gasteiger partial charge in [0.1, 0.15) is 0 Å². The maximum atomic E-state index is 12.0. The van der Waals surface area contributed by atoms with Gasteiger partial charge in [-0.05, 0) is 43.3 Å². The van der Waals surface area contributed by atoms with E-state index < -0.39 is 0 Å². The Bertz CT molecular complexity index is 155. The zero-order valence-electron chi connectivity index (χ0n) is 6.35. The predicted octanol–water partition coefficient (Wildman–Crippen LogP) is 1.89. The molecule has 0 aromatic rings. The minimum absolute atomic E-state index is 0. The second kappa shape index (κ2) is 3.55. The van der Waals surface area contributed by atoms with Crippen molar-refractivity contribution < 1.29 is 4.39 Å². The number of hydrogen-bond donors (Lipinski definition) is 1. The van der Waals surface area contributed by atoms with Gasteiger partial charge >= 0.3 is 0 Å². The molecule has 0 radical (unpaired) electrons. The van der Waals surface area contributed by atoms with E-state index >= 15 is 0 Å². The smallest absolute Gasteiger partial charge is 0.0859 e. The average Bonchev–Trinajstić information content (AvgIpc) is 2.42. The lowest BCUT2D eigenvalue weighted by Gasteiger charge is -2.02. The molecule has 1 nitrogen and oxygen atoms in total. The van der Waals surface area contributed by atoms with Crippen LogP contribution in [0.15, 0.2) is 11.9 Å². The molecule has 11 heavy (non-hydrogen) atoms. The van der Waals surface area contributed by atoms with E-state index in [2.05, 4.69) is 5.32 Å². The second-order valence-corrected chi connectivity index (χ2v) is 3.35. The molecule has 1 N–H and O–H groups in total. The van der Waals surface area contributed by atoms with Gasteiger partial charge in [-0.3, -0.25) is 0 Å². The molecule has 0 unspecified atom stereocenters. The molecule has 1 aliphatic carbocycles. The van der Waals surface area contributed by atoms with Gasteiger partial charge in [-0.1, -0.05) is 0 Å².